The second-order valence-corrected chi connectivity index (χ2v) is 21.4. The predicted octanol–water partition coefficient (Wildman–Crippen LogP) is 6.42. The minimum absolute atomic E-state index is 0.0185. The number of fused-ring (bicyclic) bond motifs is 2. The van der Waals surface area contributed by atoms with E-state index in [1.165, 1.54) is 28.0 Å². The van der Waals surface area contributed by atoms with Crippen molar-refractivity contribution in [1.82, 2.24) is 25.8 Å². The van der Waals surface area contributed by atoms with E-state index in [0.717, 1.165) is 46.6 Å². The Kier molecular flexibility index (Phi) is 15.5. The zero-order valence-electron chi connectivity index (χ0n) is 39.1. The smallest absolute Gasteiger partial charge is 0.356 e. The van der Waals surface area contributed by atoms with Crippen LogP contribution in [0.4, 0.5) is 27.6 Å². The predicted molar refractivity (Wildman–Crippen MR) is 253 cm³/mol. The molecule has 382 valence electrons. The number of benzene rings is 3. The van der Waals surface area contributed by atoms with Crippen molar-refractivity contribution in [2.75, 3.05) is 24.5 Å². The summed E-state index contributed by atoms with van der Waals surface area (Å²) in [6.07, 6.45) is -3.66. The van der Waals surface area contributed by atoms with E-state index in [2.05, 4.69) is 27.8 Å². The minimum atomic E-state index is -5.88. The molecule has 0 radical (unpaired) electrons. The van der Waals surface area contributed by atoms with Gasteiger partial charge in [0.05, 0.1) is 10.4 Å². The summed E-state index contributed by atoms with van der Waals surface area (Å²) in [5.74, 6) is 2.08. The second-order valence-electron chi connectivity index (χ2n) is 18.7. The summed E-state index contributed by atoms with van der Waals surface area (Å²) in [4.78, 5) is 115. The van der Waals surface area contributed by atoms with Gasteiger partial charge in [-0.15, -0.1) is 11.3 Å². The summed E-state index contributed by atoms with van der Waals surface area (Å²) in [6.45, 7) is 4.94. The summed E-state index contributed by atoms with van der Waals surface area (Å²) in [5.41, 5.74) is -6.01. The summed E-state index contributed by atoms with van der Waals surface area (Å²) in [6, 6.07) is 9.93. The number of hydrogen-bond acceptors (Lipinski definition) is 9. The van der Waals surface area contributed by atoms with Crippen LogP contribution in [-0.4, -0.2) is 98.7 Å². The maximum absolute atomic E-state index is 14.5. The van der Waals surface area contributed by atoms with Crippen LogP contribution in [0.25, 0.3) is 10.1 Å². The molecule has 2 fully saturated rings. The molecule has 1 aromatic heterocycles. The first-order valence-corrected chi connectivity index (χ1v) is 25.3. The molecule has 4 heterocycles. The number of alkyl halides is 5. The SMILES string of the molecule is CC(C)(C)C(NC(=O)c1cc2cc(C(F)(F)P(=O)(O)O)ccc2s1)C(=O)N1CCCC1C(=O)N(CCC(=O)NCCCC#Cc1cccc2c1CN(C1CCC(=O)NC1=O)C2=O)c1cccc(C(F)(F)F)c1. The van der Waals surface area contributed by atoms with Crippen LogP contribution in [0.1, 0.15) is 108 Å². The van der Waals surface area contributed by atoms with Crippen LogP contribution in [0.2, 0.25) is 0 Å². The lowest BCUT2D eigenvalue weighted by atomic mass is 9.85. The number of imide groups is 1. The summed E-state index contributed by atoms with van der Waals surface area (Å²) in [7, 11) is -5.88. The number of rotatable bonds is 14. The number of halogens is 5. The van der Waals surface area contributed by atoms with Gasteiger partial charge in [0.1, 0.15) is 18.1 Å². The Hall–Kier alpha value is -6.53. The number of carbonyl (C=O) groups is 7. The monoisotopic (exact) mass is 1040 g/mol. The lowest BCUT2D eigenvalue weighted by Crippen LogP contribution is -2.58. The molecule has 23 heteroatoms. The second kappa shape index (κ2) is 20.9. The standard InChI is InChI=1S/C49H50F5N6O10PS/c1-47(2,3)41(57-43(64)38-25-29-24-31(16-18-37(29)72-38)49(53,54)71(68,69)70)46(67)59-22-9-15-36(59)45(66)58(32-13-8-12-30(26-32)48(50,51)52)23-20-39(61)55-21-6-4-5-10-28-11-7-14-33-34(28)27-60(44(33)65)35-17-19-40(62)56-42(35)63/h7-8,11-14,16,18,24-26,35-36,41H,4,6,9,15,17,19-23,27H2,1-3H3,(H,55,61)(H,57,64)(H,56,62,63)(H2,68,69,70). The van der Waals surface area contributed by atoms with E-state index in [1.807, 2.05) is 0 Å². The number of nitrogens with one attached hydrogen (secondary N) is 3. The van der Waals surface area contributed by atoms with E-state index >= 15 is 0 Å². The van der Waals surface area contributed by atoms with Crippen molar-refractivity contribution in [3.8, 4) is 11.8 Å². The molecule has 0 aliphatic carbocycles. The average molecular weight is 1040 g/mol. The number of piperidine rings is 1. The van der Waals surface area contributed by atoms with E-state index in [9.17, 15) is 69.9 Å². The number of hydrogen-bond donors (Lipinski definition) is 5. The van der Waals surface area contributed by atoms with Crippen molar-refractivity contribution in [2.45, 2.75) is 102 Å². The van der Waals surface area contributed by atoms with Crippen molar-refractivity contribution < 1.29 is 69.9 Å². The van der Waals surface area contributed by atoms with Gasteiger partial charge in [-0.2, -0.15) is 22.0 Å². The summed E-state index contributed by atoms with van der Waals surface area (Å²) >= 11 is 0.879. The Morgan fingerprint density at radius 1 is 0.958 bits per heavy atom. The molecule has 3 atom stereocenters. The maximum Gasteiger partial charge on any atom is 0.416 e. The molecule has 5 N–H and O–H groups in total. The zero-order chi connectivity index (χ0) is 52.5. The van der Waals surface area contributed by atoms with E-state index in [4.69, 9.17) is 0 Å². The number of likely N-dealkylation sites (tertiary alicyclic amines) is 1. The number of unbranched alkanes of at least 4 members (excludes halogenated alkanes) is 1. The van der Waals surface area contributed by atoms with Gasteiger partial charge in [0.25, 0.3) is 11.8 Å². The molecule has 4 aromatic rings. The van der Waals surface area contributed by atoms with Gasteiger partial charge in [-0.1, -0.05) is 50.8 Å². The van der Waals surface area contributed by atoms with Crippen LogP contribution < -0.4 is 20.9 Å². The van der Waals surface area contributed by atoms with Gasteiger partial charge in [0.15, 0.2) is 0 Å². The molecular weight excluding hydrogens is 991 g/mol. The molecule has 3 aromatic carbocycles. The van der Waals surface area contributed by atoms with Crippen LogP contribution in [0.5, 0.6) is 0 Å². The highest BCUT2D eigenvalue weighted by atomic mass is 32.1. The number of nitrogens with zero attached hydrogens (tertiary/aromatic N) is 3. The normalized spacial score (nSPS) is 17.8. The first-order chi connectivity index (χ1) is 33.8. The Balaban J connectivity index is 1.00. The van der Waals surface area contributed by atoms with Gasteiger partial charge in [-0.3, -0.25) is 43.4 Å². The fraction of sp³-hybridized carbons (Fsp3) is 0.408. The first-order valence-electron chi connectivity index (χ1n) is 22.9. The largest absolute Gasteiger partial charge is 0.416 e. The summed E-state index contributed by atoms with van der Waals surface area (Å²) < 4.78 is 82.7. The number of anilines is 1. The molecule has 16 nitrogen and oxygen atoms in total. The van der Waals surface area contributed by atoms with Gasteiger partial charge in [-0.05, 0) is 90.6 Å². The van der Waals surface area contributed by atoms with Crippen molar-refractivity contribution >= 4 is 76.1 Å². The van der Waals surface area contributed by atoms with Crippen molar-refractivity contribution in [3.63, 3.8) is 0 Å². The quantitative estimate of drug-likeness (QED) is 0.0307. The number of carbonyl (C=O) groups excluding carboxylic acids is 7. The fourth-order valence-electron chi connectivity index (χ4n) is 8.78. The average Bonchev–Trinajstić information content (AvgIpc) is 4.06. The van der Waals surface area contributed by atoms with E-state index in [1.54, 1.807) is 39.0 Å². The van der Waals surface area contributed by atoms with Gasteiger partial charge in [0, 0.05) is 72.5 Å². The molecule has 0 bridgehead atoms. The van der Waals surface area contributed by atoms with Gasteiger partial charge >= 0.3 is 19.4 Å². The molecule has 7 amide bonds. The highest BCUT2D eigenvalue weighted by Crippen LogP contribution is 2.59. The Labute approximate surface area is 413 Å². The van der Waals surface area contributed by atoms with E-state index in [0.29, 0.717) is 40.7 Å². The van der Waals surface area contributed by atoms with E-state index < -0.39 is 89.5 Å². The summed E-state index contributed by atoms with van der Waals surface area (Å²) in [5, 5.41) is 7.79. The molecule has 3 aliphatic heterocycles. The third kappa shape index (κ3) is 11.5. The van der Waals surface area contributed by atoms with Crippen molar-refractivity contribution in [2.24, 2.45) is 5.41 Å². The van der Waals surface area contributed by atoms with Crippen LogP contribution in [0.15, 0.2) is 66.7 Å². The Bertz CT molecular complexity index is 2960. The highest BCUT2D eigenvalue weighted by Gasteiger charge is 2.50. The molecule has 7 rings (SSSR count). The van der Waals surface area contributed by atoms with Crippen LogP contribution >= 0.6 is 18.9 Å². The number of thiophene rings is 1. The van der Waals surface area contributed by atoms with Crippen LogP contribution in [-0.2, 0) is 46.9 Å². The van der Waals surface area contributed by atoms with Crippen LogP contribution in [0, 0.1) is 17.3 Å². The van der Waals surface area contributed by atoms with Gasteiger partial charge < -0.3 is 35.1 Å². The first kappa shape index (κ1) is 53.3. The maximum atomic E-state index is 14.5. The topological polar surface area (TPSA) is 223 Å². The van der Waals surface area contributed by atoms with Crippen molar-refractivity contribution in [1.29, 1.82) is 0 Å². The lowest BCUT2D eigenvalue weighted by molar-refractivity contribution is -0.141. The Morgan fingerprint density at radius 3 is 2.39 bits per heavy atom. The van der Waals surface area contributed by atoms with Gasteiger partial charge in [0.2, 0.25) is 29.5 Å². The molecule has 2 saturated heterocycles. The molecule has 0 saturated carbocycles. The minimum Gasteiger partial charge on any atom is -0.356 e. The zero-order valence-corrected chi connectivity index (χ0v) is 40.8. The van der Waals surface area contributed by atoms with Gasteiger partial charge in [-0.25, -0.2) is 0 Å². The molecule has 3 unspecified atom stereocenters. The third-order valence-corrected chi connectivity index (χ3v) is 14.7. The molecule has 3 aliphatic rings. The number of amides is 7. The Morgan fingerprint density at radius 2 is 1.69 bits per heavy atom. The molecule has 72 heavy (non-hydrogen) atoms. The highest BCUT2D eigenvalue weighted by molar-refractivity contribution is 7.52. The third-order valence-electron chi connectivity index (χ3n) is 12.6. The molecule has 0 spiro atoms. The lowest BCUT2D eigenvalue weighted by Gasteiger charge is -2.36. The van der Waals surface area contributed by atoms with Crippen LogP contribution in [0.3, 0.4) is 0 Å². The van der Waals surface area contributed by atoms with Crippen molar-refractivity contribution in [3.05, 3.63) is 99.4 Å². The molecular formula is C49H50F5N6O10PS. The fourth-order valence-corrected chi connectivity index (χ4v) is 10.2. The van der Waals surface area contributed by atoms with E-state index in [-0.39, 0.29) is 73.7 Å².